The highest BCUT2D eigenvalue weighted by molar-refractivity contribution is 6.30. The molecule has 0 atom stereocenters. The normalized spacial score (nSPS) is 15.7. The highest BCUT2D eigenvalue weighted by Gasteiger charge is 2.45. The zero-order valence-electron chi connectivity index (χ0n) is 10.9. The Morgan fingerprint density at radius 3 is 2.60 bits per heavy atom. The molecule has 20 heavy (non-hydrogen) atoms. The number of hydrogen-bond acceptors (Lipinski definition) is 2. The van der Waals surface area contributed by atoms with Crippen LogP contribution in [0.25, 0.3) is 0 Å². The predicted octanol–water partition coefficient (Wildman–Crippen LogP) is 3.42. The summed E-state index contributed by atoms with van der Waals surface area (Å²) in [6.07, 6.45) is 3.48. The summed E-state index contributed by atoms with van der Waals surface area (Å²) >= 11 is 5.88. The van der Waals surface area contributed by atoms with E-state index in [9.17, 15) is 4.79 Å². The van der Waals surface area contributed by atoms with E-state index >= 15 is 0 Å². The molecule has 1 saturated carbocycles. The average molecular weight is 291 g/mol. The van der Waals surface area contributed by atoms with Crippen LogP contribution in [0.5, 0.6) is 0 Å². The fourth-order valence-electron chi connectivity index (χ4n) is 2.22. The Kier molecular flexibility index (Phi) is 3.40. The van der Waals surface area contributed by atoms with Gasteiger partial charge in [-0.05, 0) is 42.7 Å². The van der Waals surface area contributed by atoms with Crippen molar-refractivity contribution in [3.63, 3.8) is 0 Å². The second-order valence-corrected chi connectivity index (χ2v) is 5.41. The van der Waals surface area contributed by atoms with Gasteiger partial charge in [-0.3, -0.25) is 0 Å². The summed E-state index contributed by atoms with van der Waals surface area (Å²) in [6.45, 7) is 0.384. The SMILES string of the molecule is O=C(NCc1ccco1)NC1(c2ccc(Cl)cc2)CC1. The maximum absolute atomic E-state index is 11.9. The van der Waals surface area contributed by atoms with Gasteiger partial charge in [-0.25, -0.2) is 4.79 Å². The molecule has 104 valence electrons. The van der Waals surface area contributed by atoms with Crippen LogP contribution in [0.1, 0.15) is 24.2 Å². The van der Waals surface area contributed by atoms with Crippen molar-refractivity contribution in [3.05, 3.63) is 59.0 Å². The van der Waals surface area contributed by atoms with Gasteiger partial charge in [-0.15, -0.1) is 0 Å². The number of benzene rings is 1. The number of amides is 2. The average Bonchev–Trinajstić information content (AvgIpc) is 3.03. The zero-order chi connectivity index (χ0) is 14.0. The lowest BCUT2D eigenvalue weighted by Gasteiger charge is -2.18. The van der Waals surface area contributed by atoms with Crippen LogP contribution >= 0.6 is 11.6 Å². The van der Waals surface area contributed by atoms with Crippen LogP contribution in [0.15, 0.2) is 47.1 Å². The van der Waals surface area contributed by atoms with Crippen molar-refractivity contribution >= 4 is 17.6 Å². The molecule has 0 bridgehead atoms. The summed E-state index contributed by atoms with van der Waals surface area (Å²) in [5, 5.41) is 6.52. The molecule has 0 spiro atoms. The van der Waals surface area contributed by atoms with Gasteiger partial charge in [-0.2, -0.15) is 0 Å². The first-order valence-electron chi connectivity index (χ1n) is 6.52. The first kappa shape index (κ1) is 13.1. The Hall–Kier alpha value is -1.94. The molecule has 2 N–H and O–H groups in total. The van der Waals surface area contributed by atoms with Gasteiger partial charge in [-0.1, -0.05) is 23.7 Å². The first-order chi connectivity index (χ1) is 9.68. The van der Waals surface area contributed by atoms with Gasteiger partial charge in [0, 0.05) is 5.02 Å². The molecule has 2 aromatic rings. The smallest absolute Gasteiger partial charge is 0.315 e. The zero-order valence-corrected chi connectivity index (χ0v) is 11.6. The van der Waals surface area contributed by atoms with Crippen molar-refractivity contribution < 1.29 is 9.21 Å². The van der Waals surface area contributed by atoms with Gasteiger partial charge in [0.05, 0.1) is 18.3 Å². The van der Waals surface area contributed by atoms with Crippen molar-refractivity contribution in [3.8, 4) is 0 Å². The molecule has 1 aromatic carbocycles. The molecule has 1 aliphatic rings. The molecule has 1 fully saturated rings. The van der Waals surface area contributed by atoms with Gasteiger partial charge >= 0.3 is 6.03 Å². The minimum atomic E-state index is -0.238. The summed E-state index contributed by atoms with van der Waals surface area (Å²) < 4.78 is 5.17. The molecule has 2 amide bonds. The van der Waals surface area contributed by atoms with Gasteiger partial charge in [0.15, 0.2) is 0 Å². The summed E-state index contributed by atoms with van der Waals surface area (Å²) in [4.78, 5) is 11.9. The van der Waals surface area contributed by atoms with Crippen molar-refractivity contribution in [2.45, 2.75) is 24.9 Å². The Morgan fingerprint density at radius 2 is 2.00 bits per heavy atom. The lowest BCUT2D eigenvalue weighted by molar-refractivity contribution is 0.234. The third kappa shape index (κ3) is 2.80. The summed E-state index contributed by atoms with van der Waals surface area (Å²) in [5.74, 6) is 0.733. The van der Waals surface area contributed by atoms with Gasteiger partial charge < -0.3 is 15.1 Å². The lowest BCUT2D eigenvalue weighted by atomic mass is 10.1. The number of halogens is 1. The molecular formula is C15H15ClN2O2. The quantitative estimate of drug-likeness (QED) is 0.906. The van der Waals surface area contributed by atoms with E-state index in [0.717, 1.165) is 24.2 Å². The van der Waals surface area contributed by atoms with Gasteiger partial charge in [0.25, 0.3) is 0 Å². The first-order valence-corrected chi connectivity index (χ1v) is 6.90. The van der Waals surface area contributed by atoms with Crippen molar-refractivity contribution in [1.82, 2.24) is 10.6 Å². The number of carbonyl (C=O) groups is 1. The monoisotopic (exact) mass is 290 g/mol. The van der Waals surface area contributed by atoms with E-state index < -0.39 is 0 Å². The van der Waals surface area contributed by atoms with Crippen LogP contribution in [0.2, 0.25) is 5.02 Å². The van der Waals surface area contributed by atoms with Gasteiger partial charge in [0.2, 0.25) is 0 Å². The minimum Gasteiger partial charge on any atom is -0.467 e. The van der Waals surface area contributed by atoms with Crippen molar-refractivity contribution in [1.29, 1.82) is 0 Å². The second-order valence-electron chi connectivity index (χ2n) is 4.98. The molecular weight excluding hydrogens is 276 g/mol. The van der Waals surface area contributed by atoms with Crippen molar-refractivity contribution in [2.24, 2.45) is 0 Å². The third-order valence-corrected chi connectivity index (χ3v) is 3.75. The molecule has 3 rings (SSSR count). The Bertz CT molecular complexity index is 589. The number of urea groups is 1. The van der Waals surface area contributed by atoms with Crippen LogP contribution in [-0.4, -0.2) is 6.03 Å². The number of rotatable bonds is 4. The van der Waals surface area contributed by atoms with Crippen LogP contribution < -0.4 is 10.6 Å². The van der Waals surface area contributed by atoms with E-state index in [1.54, 1.807) is 12.3 Å². The molecule has 0 unspecified atom stereocenters. The number of nitrogens with one attached hydrogen (secondary N) is 2. The molecule has 0 radical (unpaired) electrons. The molecule has 0 saturated heterocycles. The van der Waals surface area contributed by atoms with E-state index in [2.05, 4.69) is 10.6 Å². The summed E-state index contributed by atoms with van der Waals surface area (Å²) in [5.41, 5.74) is 0.854. The Balaban J connectivity index is 1.59. The highest BCUT2D eigenvalue weighted by atomic mass is 35.5. The van der Waals surface area contributed by atoms with E-state index in [-0.39, 0.29) is 11.6 Å². The van der Waals surface area contributed by atoms with Crippen LogP contribution in [0, 0.1) is 0 Å². The minimum absolute atomic E-state index is 0.186. The summed E-state index contributed by atoms with van der Waals surface area (Å²) in [7, 11) is 0. The van der Waals surface area contributed by atoms with Crippen LogP contribution in [0.3, 0.4) is 0 Å². The number of carbonyl (C=O) groups excluding carboxylic acids is 1. The largest absolute Gasteiger partial charge is 0.467 e. The molecule has 1 heterocycles. The van der Waals surface area contributed by atoms with Gasteiger partial charge in [0.1, 0.15) is 5.76 Å². The fourth-order valence-corrected chi connectivity index (χ4v) is 2.35. The Morgan fingerprint density at radius 1 is 1.25 bits per heavy atom. The lowest BCUT2D eigenvalue weighted by Crippen LogP contribution is -2.41. The maximum atomic E-state index is 11.9. The number of hydrogen-bond donors (Lipinski definition) is 2. The maximum Gasteiger partial charge on any atom is 0.315 e. The molecule has 4 nitrogen and oxygen atoms in total. The van der Waals surface area contributed by atoms with E-state index in [0.29, 0.717) is 11.6 Å². The third-order valence-electron chi connectivity index (χ3n) is 3.50. The topological polar surface area (TPSA) is 54.3 Å². The second kappa shape index (κ2) is 5.21. The highest BCUT2D eigenvalue weighted by Crippen LogP contribution is 2.45. The van der Waals surface area contributed by atoms with E-state index in [1.165, 1.54) is 0 Å². The molecule has 0 aliphatic heterocycles. The van der Waals surface area contributed by atoms with E-state index in [4.69, 9.17) is 16.0 Å². The molecule has 5 heteroatoms. The standard InChI is InChI=1S/C15H15ClN2O2/c16-12-5-3-11(4-6-12)15(7-8-15)18-14(19)17-10-13-2-1-9-20-13/h1-6,9H,7-8,10H2,(H2,17,18,19). The molecule has 1 aromatic heterocycles. The summed E-state index contributed by atoms with van der Waals surface area (Å²) in [6, 6.07) is 11.1. The van der Waals surface area contributed by atoms with Crippen LogP contribution in [0.4, 0.5) is 4.79 Å². The molecule has 1 aliphatic carbocycles. The predicted molar refractivity (Wildman–Crippen MR) is 76.4 cm³/mol. The van der Waals surface area contributed by atoms with E-state index in [1.807, 2.05) is 30.3 Å². The van der Waals surface area contributed by atoms with Crippen LogP contribution in [-0.2, 0) is 12.1 Å². The van der Waals surface area contributed by atoms with Crippen molar-refractivity contribution in [2.75, 3.05) is 0 Å². The number of furan rings is 1. The Labute approximate surface area is 122 Å². The fraction of sp³-hybridized carbons (Fsp3) is 0.267.